The Morgan fingerprint density at radius 2 is 2.13 bits per heavy atom. The average Bonchev–Trinajstić information content (AvgIpc) is 2.74. The molecule has 23 heavy (non-hydrogen) atoms. The van der Waals surface area contributed by atoms with Crippen LogP contribution in [0.4, 0.5) is 0 Å². The van der Waals surface area contributed by atoms with Crippen molar-refractivity contribution >= 4 is 17.5 Å². The summed E-state index contributed by atoms with van der Waals surface area (Å²) in [6, 6.07) is 3.82. The first-order valence-corrected chi connectivity index (χ1v) is 8.15. The molecule has 1 unspecified atom stereocenters. The van der Waals surface area contributed by atoms with Crippen LogP contribution >= 0.6 is 11.6 Å². The summed E-state index contributed by atoms with van der Waals surface area (Å²) in [6.45, 7) is 8.13. The molecular formula is C17H23ClN4O. The summed E-state index contributed by atoms with van der Waals surface area (Å²) in [7, 11) is 0. The number of pyridine rings is 1. The first kappa shape index (κ1) is 17.5. The summed E-state index contributed by atoms with van der Waals surface area (Å²) < 4.78 is 1.64. The van der Waals surface area contributed by atoms with Crippen molar-refractivity contribution in [3.63, 3.8) is 0 Å². The summed E-state index contributed by atoms with van der Waals surface area (Å²) >= 11 is 6.13. The van der Waals surface area contributed by atoms with Gasteiger partial charge in [-0.15, -0.1) is 0 Å². The molecule has 0 saturated carbocycles. The molecule has 0 aliphatic carbocycles. The molecule has 1 N–H and O–H groups in total. The van der Waals surface area contributed by atoms with Crippen LogP contribution < -0.4 is 5.32 Å². The van der Waals surface area contributed by atoms with Crippen LogP contribution in [0.1, 0.15) is 43.3 Å². The van der Waals surface area contributed by atoms with Crippen LogP contribution in [-0.2, 0) is 11.3 Å². The Balaban J connectivity index is 2.10. The van der Waals surface area contributed by atoms with E-state index >= 15 is 0 Å². The van der Waals surface area contributed by atoms with Crippen LogP contribution in [0.5, 0.6) is 0 Å². The summed E-state index contributed by atoms with van der Waals surface area (Å²) in [5.74, 6) is 0.380. The van der Waals surface area contributed by atoms with E-state index in [0.717, 1.165) is 23.4 Å². The van der Waals surface area contributed by atoms with Crippen LogP contribution in [0.2, 0.25) is 5.02 Å². The molecule has 1 atom stereocenters. The zero-order valence-corrected chi connectivity index (χ0v) is 14.8. The summed E-state index contributed by atoms with van der Waals surface area (Å²) in [5, 5.41) is 8.00. The fourth-order valence-electron chi connectivity index (χ4n) is 2.54. The minimum absolute atomic E-state index is 0.0522. The lowest BCUT2D eigenvalue weighted by atomic mass is 9.98. The molecule has 0 aliphatic rings. The molecule has 0 saturated heterocycles. The van der Waals surface area contributed by atoms with Crippen LogP contribution in [0.15, 0.2) is 24.5 Å². The first-order valence-electron chi connectivity index (χ1n) is 7.77. The highest BCUT2D eigenvalue weighted by molar-refractivity contribution is 6.31. The van der Waals surface area contributed by atoms with E-state index in [1.54, 1.807) is 17.1 Å². The third-order valence-corrected chi connectivity index (χ3v) is 4.26. The second kappa shape index (κ2) is 7.59. The van der Waals surface area contributed by atoms with Crippen molar-refractivity contribution in [3.05, 3.63) is 46.5 Å². The molecule has 0 bridgehead atoms. The number of nitrogens with one attached hydrogen (secondary N) is 1. The first-order chi connectivity index (χ1) is 10.9. The number of nitrogens with zero attached hydrogens (tertiary/aromatic N) is 3. The van der Waals surface area contributed by atoms with Crippen molar-refractivity contribution in [2.45, 2.75) is 46.7 Å². The Kier molecular flexibility index (Phi) is 5.77. The van der Waals surface area contributed by atoms with Gasteiger partial charge >= 0.3 is 0 Å². The maximum atomic E-state index is 12.4. The molecule has 0 fully saturated rings. The van der Waals surface area contributed by atoms with Crippen molar-refractivity contribution in [1.29, 1.82) is 0 Å². The number of hydrogen-bond donors (Lipinski definition) is 1. The van der Waals surface area contributed by atoms with Gasteiger partial charge in [-0.3, -0.25) is 14.5 Å². The second-order valence-electron chi connectivity index (χ2n) is 6.18. The standard InChI is InChI=1S/C17H23ClN4O/c1-11(2)8-15(14-6-5-7-19-9-14)20-16(23)10-22-13(4)17(18)12(3)21-22/h5-7,9,11,15H,8,10H2,1-4H3,(H,20,23). The molecule has 2 heterocycles. The van der Waals surface area contributed by atoms with E-state index in [1.807, 2.05) is 26.0 Å². The van der Waals surface area contributed by atoms with E-state index < -0.39 is 0 Å². The molecule has 5 nitrogen and oxygen atoms in total. The smallest absolute Gasteiger partial charge is 0.242 e. The van der Waals surface area contributed by atoms with E-state index in [2.05, 4.69) is 29.2 Å². The summed E-state index contributed by atoms with van der Waals surface area (Å²) in [6.07, 6.45) is 4.39. The van der Waals surface area contributed by atoms with Gasteiger partial charge in [0.2, 0.25) is 5.91 Å². The molecule has 2 aromatic heterocycles. The zero-order chi connectivity index (χ0) is 17.0. The number of aromatic nitrogens is 3. The third-order valence-electron chi connectivity index (χ3n) is 3.72. The Hall–Kier alpha value is -1.88. The maximum Gasteiger partial charge on any atom is 0.242 e. The number of amides is 1. The SMILES string of the molecule is Cc1nn(CC(=O)NC(CC(C)C)c2cccnc2)c(C)c1Cl. The quantitative estimate of drug-likeness (QED) is 0.880. The van der Waals surface area contributed by atoms with Gasteiger partial charge in [0.25, 0.3) is 0 Å². The number of halogens is 1. The lowest BCUT2D eigenvalue weighted by molar-refractivity contribution is -0.122. The van der Waals surface area contributed by atoms with Gasteiger partial charge in [-0.1, -0.05) is 31.5 Å². The molecule has 124 valence electrons. The lowest BCUT2D eigenvalue weighted by Gasteiger charge is -2.21. The van der Waals surface area contributed by atoms with Crippen LogP contribution in [-0.4, -0.2) is 20.7 Å². The topological polar surface area (TPSA) is 59.8 Å². The van der Waals surface area contributed by atoms with Gasteiger partial charge in [-0.2, -0.15) is 5.10 Å². The molecule has 1 amide bonds. The van der Waals surface area contributed by atoms with Gasteiger partial charge in [0.1, 0.15) is 6.54 Å². The van der Waals surface area contributed by atoms with Gasteiger partial charge in [0, 0.05) is 12.4 Å². The van der Waals surface area contributed by atoms with Crippen molar-refractivity contribution in [2.24, 2.45) is 5.92 Å². The van der Waals surface area contributed by atoms with E-state index in [4.69, 9.17) is 11.6 Å². The van der Waals surface area contributed by atoms with Gasteiger partial charge in [-0.05, 0) is 37.8 Å². The highest BCUT2D eigenvalue weighted by atomic mass is 35.5. The van der Waals surface area contributed by atoms with E-state index in [0.29, 0.717) is 10.9 Å². The predicted molar refractivity (Wildman–Crippen MR) is 91.3 cm³/mol. The molecule has 0 aliphatic heterocycles. The zero-order valence-electron chi connectivity index (χ0n) is 14.0. The number of hydrogen-bond acceptors (Lipinski definition) is 3. The number of carbonyl (C=O) groups is 1. The highest BCUT2D eigenvalue weighted by Gasteiger charge is 2.18. The lowest BCUT2D eigenvalue weighted by Crippen LogP contribution is -2.33. The van der Waals surface area contributed by atoms with Crippen molar-refractivity contribution < 1.29 is 4.79 Å². The molecule has 6 heteroatoms. The fraction of sp³-hybridized carbons (Fsp3) is 0.471. The molecule has 0 aromatic carbocycles. The van der Waals surface area contributed by atoms with Crippen LogP contribution in [0.25, 0.3) is 0 Å². The fourth-order valence-corrected chi connectivity index (χ4v) is 2.67. The van der Waals surface area contributed by atoms with E-state index in [9.17, 15) is 4.79 Å². The van der Waals surface area contributed by atoms with E-state index in [-0.39, 0.29) is 18.5 Å². The van der Waals surface area contributed by atoms with Crippen LogP contribution in [0, 0.1) is 19.8 Å². The van der Waals surface area contributed by atoms with Gasteiger partial charge in [0.05, 0.1) is 22.5 Å². The van der Waals surface area contributed by atoms with Crippen molar-refractivity contribution in [2.75, 3.05) is 0 Å². The summed E-state index contributed by atoms with van der Waals surface area (Å²) in [5.41, 5.74) is 2.56. The number of carbonyl (C=O) groups excluding carboxylic acids is 1. The molecule has 2 aromatic rings. The Morgan fingerprint density at radius 1 is 1.39 bits per heavy atom. The molecule has 2 rings (SSSR count). The minimum Gasteiger partial charge on any atom is -0.348 e. The number of rotatable bonds is 6. The Bertz CT molecular complexity index is 667. The Labute approximate surface area is 142 Å². The summed E-state index contributed by atoms with van der Waals surface area (Å²) in [4.78, 5) is 16.6. The molecular weight excluding hydrogens is 312 g/mol. The third kappa shape index (κ3) is 4.55. The highest BCUT2D eigenvalue weighted by Crippen LogP contribution is 2.21. The largest absolute Gasteiger partial charge is 0.348 e. The van der Waals surface area contributed by atoms with Crippen LogP contribution in [0.3, 0.4) is 0 Å². The van der Waals surface area contributed by atoms with Gasteiger partial charge in [-0.25, -0.2) is 0 Å². The number of aryl methyl sites for hydroxylation is 1. The molecule has 0 spiro atoms. The second-order valence-corrected chi connectivity index (χ2v) is 6.56. The van der Waals surface area contributed by atoms with Crippen molar-refractivity contribution in [3.8, 4) is 0 Å². The predicted octanol–water partition coefficient (Wildman–Crippen LogP) is 3.45. The normalized spacial score (nSPS) is 12.4. The van der Waals surface area contributed by atoms with Gasteiger partial charge < -0.3 is 5.32 Å². The Morgan fingerprint density at radius 3 is 2.65 bits per heavy atom. The van der Waals surface area contributed by atoms with Crippen molar-refractivity contribution in [1.82, 2.24) is 20.1 Å². The van der Waals surface area contributed by atoms with E-state index in [1.165, 1.54) is 0 Å². The monoisotopic (exact) mass is 334 g/mol. The maximum absolute atomic E-state index is 12.4. The minimum atomic E-state index is -0.0817. The average molecular weight is 335 g/mol. The van der Waals surface area contributed by atoms with Gasteiger partial charge in [0.15, 0.2) is 0 Å². The molecule has 0 radical (unpaired) electrons.